The minimum atomic E-state index is 0.516. The Morgan fingerprint density at radius 3 is 2.79 bits per heavy atom. The Morgan fingerprint density at radius 2 is 2.04 bits per heavy atom. The Bertz CT molecular complexity index is 749. The molecule has 0 spiro atoms. The summed E-state index contributed by atoms with van der Waals surface area (Å²) in [5.74, 6) is 8.62. The summed E-state index contributed by atoms with van der Waals surface area (Å²) >= 11 is 0. The second kappa shape index (κ2) is 7.88. The van der Waals surface area contributed by atoms with Crippen LogP contribution in [-0.4, -0.2) is 7.11 Å². The normalized spacial score (nSPS) is 18.9. The molecular formula is C23H24O. The number of aryl methyl sites for hydroxylation is 1. The van der Waals surface area contributed by atoms with Crippen LogP contribution < -0.4 is 4.74 Å². The molecule has 2 aromatic carbocycles. The predicted octanol–water partition coefficient (Wildman–Crippen LogP) is 5.36. The lowest BCUT2D eigenvalue weighted by molar-refractivity contribution is 0.405. The molecule has 0 saturated carbocycles. The van der Waals surface area contributed by atoms with E-state index in [-0.39, 0.29) is 0 Å². The number of fused-ring (bicyclic) bond motifs is 1. The monoisotopic (exact) mass is 316 g/mol. The summed E-state index contributed by atoms with van der Waals surface area (Å²) < 4.78 is 5.37. The van der Waals surface area contributed by atoms with Gasteiger partial charge in [0, 0.05) is 12.0 Å². The van der Waals surface area contributed by atoms with Gasteiger partial charge in [0.25, 0.3) is 0 Å². The Hall–Kier alpha value is -2.46. The summed E-state index contributed by atoms with van der Waals surface area (Å²) in [6.07, 6.45) is 6.39. The summed E-state index contributed by atoms with van der Waals surface area (Å²) in [5, 5.41) is 0. The molecule has 1 heteroatoms. The SMILES string of the molecule is C=C[C@@H]1CCc2cc(OC)ccc2[C@H]1CCC#Cc1ccccc1. The molecule has 1 nitrogen and oxygen atoms in total. The van der Waals surface area contributed by atoms with Gasteiger partial charge in [-0.05, 0) is 66.5 Å². The summed E-state index contributed by atoms with van der Waals surface area (Å²) in [6.45, 7) is 4.06. The zero-order valence-electron chi connectivity index (χ0n) is 14.3. The highest BCUT2D eigenvalue weighted by atomic mass is 16.5. The van der Waals surface area contributed by atoms with Gasteiger partial charge >= 0.3 is 0 Å². The third kappa shape index (κ3) is 3.71. The van der Waals surface area contributed by atoms with Crippen molar-refractivity contribution in [2.45, 2.75) is 31.6 Å². The van der Waals surface area contributed by atoms with Crippen LogP contribution in [0.1, 0.15) is 41.9 Å². The number of methoxy groups -OCH3 is 1. The van der Waals surface area contributed by atoms with Gasteiger partial charge in [-0.15, -0.1) is 6.58 Å². The van der Waals surface area contributed by atoms with Crippen LogP contribution in [0.25, 0.3) is 0 Å². The molecule has 0 unspecified atom stereocenters. The van der Waals surface area contributed by atoms with Gasteiger partial charge in [-0.3, -0.25) is 0 Å². The highest BCUT2D eigenvalue weighted by Gasteiger charge is 2.27. The molecule has 2 aromatic rings. The average Bonchev–Trinajstić information content (AvgIpc) is 2.65. The molecule has 0 saturated heterocycles. The van der Waals surface area contributed by atoms with E-state index in [0.717, 1.165) is 30.6 Å². The average molecular weight is 316 g/mol. The summed E-state index contributed by atoms with van der Waals surface area (Å²) in [5.41, 5.74) is 3.97. The van der Waals surface area contributed by atoms with Crippen molar-refractivity contribution < 1.29 is 4.74 Å². The molecule has 0 aliphatic heterocycles. The highest BCUT2D eigenvalue weighted by molar-refractivity contribution is 5.40. The second-order valence-electron chi connectivity index (χ2n) is 6.32. The van der Waals surface area contributed by atoms with E-state index >= 15 is 0 Å². The van der Waals surface area contributed by atoms with Crippen LogP contribution in [-0.2, 0) is 6.42 Å². The van der Waals surface area contributed by atoms with Crippen molar-refractivity contribution in [1.82, 2.24) is 0 Å². The zero-order chi connectivity index (χ0) is 16.8. The molecule has 24 heavy (non-hydrogen) atoms. The van der Waals surface area contributed by atoms with E-state index < -0.39 is 0 Å². The fourth-order valence-electron chi connectivity index (χ4n) is 3.61. The van der Waals surface area contributed by atoms with Crippen LogP contribution in [0, 0.1) is 17.8 Å². The summed E-state index contributed by atoms with van der Waals surface area (Å²) in [4.78, 5) is 0. The molecule has 2 atom stereocenters. The van der Waals surface area contributed by atoms with Gasteiger partial charge in [0.1, 0.15) is 5.75 Å². The van der Waals surface area contributed by atoms with Crippen molar-refractivity contribution in [2.75, 3.05) is 7.11 Å². The third-order valence-corrected chi connectivity index (χ3v) is 4.90. The van der Waals surface area contributed by atoms with Crippen LogP contribution in [0.5, 0.6) is 5.75 Å². The fourth-order valence-corrected chi connectivity index (χ4v) is 3.61. The highest BCUT2D eigenvalue weighted by Crippen LogP contribution is 2.40. The molecular weight excluding hydrogens is 292 g/mol. The van der Waals surface area contributed by atoms with Crippen molar-refractivity contribution in [3.8, 4) is 17.6 Å². The maximum Gasteiger partial charge on any atom is 0.119 e. The van der Waals surface area contributed by atoms with Crippen molar-refractivity contribution in [3.63, 3.8) is 0 Å². The van der Waals surface area contributed by atoms with Gasteiger partial charge in [0.15, 0.2) is 0 Å². The van der Waals surface area contributed by atoms with E-state index in [1.807, 2.05) is 18.2 Å². The Morgan fingerprint density at radius 1 is 1.21 bits per heavy atom. The van der Waals surface area contributed by atoms with Crippen LogP contribution in [0.15, 0.2) is 61.2 Å². The molecule has 0 bridgehead atoms. The first-order valence-electron chi connectivity index (χ1n) is 8.65. The fraction of sp³-hybridized carbons (Fsp3) is 0.304. The molecule has 1 aliphatic carbocycles. The van der Waals surface area contributed by atoms with Gasteiger partial charge in [-0.25, -0.2) is 0 Å². The van der Waals surface area contributed by atoms with Gasteiger partial charge in [-0.1, -0.05) is 42.2 Å². The maximum atomic E-state index is 5.37. The number of rotatable bonds is 4. The van der Waals surface area contributed by atoms with Gasteiger partial charge < -0.3 is 4.74 Å². The number of allylic oxidation sites excluding steroid dienone is 1. The van der Waals surface area contributed by atoms with E-state index in [2.05, 4.69) is 54.8 Å². The molecule has 0 aromatic heterocycles. The number of hydrogen-bond donors (Lipinski definition) is 0. The standard InChI is InChI=1S/C23H24O/c1-3-19-13-14-20-17-21(24-2)15-16-23(20)22(19)12-8-7-11-18-9-5-4-6-10-18/h3-6,9-10,15-17,19,22H,1,8,12-14H2,2H3/t19-,22+/m1/s1. The molecule has 0 radical (unpaired) electrons. The Labute approximate surface area is 145 Å². The van der Waals surface area contributed by atoms with Crippen molar-refractivity contribution in [2.24, 2.45) is 5.92 Å². The molecule has 1 aliphatic rings. The van der Waals surface area contributed by atoms with Crippen LogP contribution in [0.3, 0.4) is 0 Å². The summed E-state index contributed by atoms with van der Waals surface area (Å²) in [6, 6.07) is 16.7. The molecule has 122 valence electrons. The third-order valence-electron chi connectivity index (χ3n) is 4.90. The number of ether oxygens (including phenoxy) is 1. The molecule has 3 rings (SSSR count). The van der Waals surface area contributed by atoms with Crippen molar-refractivity contribution in [3.05, 3.63) is 77.9 Å². The van der Waals surface area contributed by atoms with E-state index in [9.17, 15) is 0 Å². The molecule has 0 amide bonds. The minimum Gasteiger partial charge on any atom is -0.497 e. The van der Waals surface area contributed by atoms with Crippen LogP contribution in [0.4, 0.5) is 0 Å². The Balaban J connectivity index is 1.74. The quantitative estimate of drug-likeness (QED) is 0.545. The molecule has 0 fully saturated rings. The predicted molar refractivity (Wildman–Crippen MR) is 100 cm³/mol. The van der Waals surface area contributed by atoms with Crippen molar-refractivity contribution in [1.29, 1.82) is 0 Å². The summed E-state index contributed by atoms with van der Waals surface area (Å²) in [7, 11) is 1.73. The molecule has 0 N–H and O–H groups in total. The van der Waals surface area contributed by atoms with E-state index in [4.69, 9.17) is 4.74 Å². The van der Waals surface area contributed by atoms with E-state index in [1.165, 1.54) is 17.5 Å². The Kier molecular flexibility index (Phi) is 5.39. The van der Waals surface area contributed by atoms with Crippen LogP contribution >= 0.6 is 0 Å². The maximum absolute atomic E-state index is 5.37. The zero-order valence-corrected chi connectivity index (χ0v) is 14.3. The smallest absolute Gasteiger partial charge is 0.119 e. The van der Waals surface area contributed by atoms with Crippen LogP contribution in [0.2, 0.25) is 0 Å². The largest absolute Gasteiger partial charge is 0.497 e. The van der Waals surface area contributed by atoms with E-state index in [0.29, 0.717) is 11.8 Å². The first-order valence-corrected chi connectivity index (χ1v) is 8.65. The first kappa shape index (κ1) is 16.4. The molecule has 0 heterocycles. The first-order chi connectivity index (χ1) is 11.8. The number of hydrogen-bond acceptors (Lipinski definition) is 1. The lowest BCUT2D eigenvalue weighted by Crippen LogP contribution is -2.19. The van der Waals surface area contributed by atoms with Gasteiger partial charge in [-0.2, -0.15) is 0 Å². The lowest BCUT2D eigenvalue weighted by atomic mass is 9.73. The number of benzene rings is 2. The topological polar surface area (TPSA) is 9.23 Å². The second-order valence-corrected chi connectivity index (χ2v) is 6.32. The minimum absolute atomic E-state index is 0.516. The van der Waals surface area contributed by atoms with Gasteiger partial charge in [0.05, 0.1) is 7.11 Å². The van der Waals surface area contributed by atoms with E-state index in [1.54, 1.807) is 7.11 Å². The van der Waals surface area contributed by atoms with Gasteiger partial charge in [0.2, 0.25) is 0 Å². The van der Waals surface area contributed by atoms with Crippen molar-refractivity contribution >= 4 is 0 Å². The lowest BCUT2D eigenvalue weighted by Gasteiger charge is -2.32.